The van der Waals surface area contributed by atoms with E-state index in [4.69, 9.17) is 0 Å². The molecule has 2 saturated carbocycles. The predicted molar refractivity (Wildman–Crippen MR) is 298 cm³/mol. The summed E-state index contributed by atoms with van der Waals surface area (Å²) < 4.78 is 31.5. The minimum absolute atomic E-state index is 0.00236. The highest BCUT2D eigenvalue weighted by atomic mass is 32.2. The average Bonchev–Trinajstić information content (AvgIpc) is 3.35. The number of sulfonamides is 1. The van der Waals surface area contributed by atoms with Crippen LogP contribution >= 0.6 is 0 Å². The zero-order valence-electron chi connectivity index (χ0n) is 44.7. The van der Waals surface area contributed by atoms with Crippen molar-refractivity contribution in [3.63, 3.8) is 0 Å². The van der Waals surface area contributed by atoms with Crippen LogP contribution in [0.1, 0.15) is 188 Å². The van der Waals surface area contributed by atoms with Crippen LogP contribution in [-0.4, -0.2) is 26.1 Å². The first kappa shape index (κ1) is 51.4. The highest BCUT2D eigenvalue weighted by Crippen LogP contribution is 2.49. The van der Waals surface area contributed by atoms with Crippen LogP contribution in [0.2, 0.25) is 0 Å². The number of amides is 3. The lowest BCUT2D eigenvalue weighted by molar-refractivity contribution is 0.101. The number of aryl methyl sites for hydroxylation is 8. The summed E-state index contributed by atoms with van der Waals surface area (Å²) in [6, 6.07) is 29.2. The standard InChI is InChI=1S/C63H72N4O5S/c1-37-25-49-26-38(2)54(37)64-58(68)45-19-18-20-53(36-45)73(71,72)67-57-43(7)31-52(32-44(57)8)63(23-16-13-17-24-63)51-29-41(5)56(42(6)30-51)66-60(70)47-33-46(34-48(35-47)61(9,10)11)59(69)65-55-39(3)27-50(28-40(55)4)62(49)21-14-12-15-22-62/h18-20,25-36,67H,12-17,21-24H2,1-11H3,(H,64,68)(H,65,69)(H,66,70). The Hall–Kier alpha value is -6.52. The highest BCUT2D eigenvalue weighted by Gasteiger charge is 2.39. The monoisotopic (exact) mass is 997 g/mol. The van der Waals surface area contributed by atoms with Gasteiger partial charge in [0, 0.05) is 44.6 Å². The molecule has 10 aliphatic heterocycles. The summed E-state index contributed by atoms with van der Waals surface area (Å²) >= 11 is 0. The molecule has 0 radical (unpaired) electrons. The molecule has 9 nitrogen and oxygen atoms in total. The van der Waals surface area contributed by atoms with E-state index >= 15 is 0 Å². The molecule has 380 valence electrons. The fourth-order valence-corrected chi connectivity index (χ4v) is 13.6. The second-order valence-electron chi connectivity index (χ2n) is 22.8. The average molecular weight is 997 g/mol. The van der Waals surface area contributed by atoms with Crippen molar-refractivity contribution in [2.75, 3.05) is 20.7 Å². The topological polar surface area (TPSA) is 133 Å². The zero-order valence-corrected chi connectivity index (χ0v) is 45.5. The normalized spacial score (nSPS) is 17.7. The molecule has 6 aromatic rings. The third-order valence-electron chi connectivity index (χ3n) is 16.4. The van der Waals surface area contributed by atoms with Gasteiger partial charge in [-0.15, -0.1) is 0 Å². The maximum Gasteiger partial charge on any atom is 0.261 e. The lowest BCUT2D eigenvalue weighted by Crippen LogP contribution is -2.31. The minimum Gasteiger partial charge on any atom is -0.322 e. The van der Waals surface area contributed by atoms with Crippen LogP contribution in [0.25, 0.3) is 0 Å². The molecule has 12 bridgehead atoms. The van der Waals surface area contributed by atoms with Gasteiger partial charge in [-0.3, -0.25) is 19.1 Å². The third kappa shape index (κ3) is 9.75. The number of hydrogen-bond donors (Lipinski definition) is 4. The smallest absolute Gasteiger partial charge is 0.261 e. The lowest BCUT2D eigenvalue weighted by atomic mass is 9.64. The van der Waals surface area contributed by atoms with E-state index < -0.39 is 15.9 Å². The molecule has 2 aliphatic carbocycles. The highest BCUT2D eigenvalue weighted by molar-refractivity contribution is 7.92. The molecular weight excluding hydrogens is 925 g/mol. The maximum atomic E-state index is 14.5. The van der Waals surface area contributed by atoms with Gasteiger partial charge in [0.1, 0.15) is 0 Å². The van der Waals surface area contributed by atoms with Crippen molar-refractivity contribution in [1.29, 1.82) is 0 Å². The Morgan fingerprint density at radius 2 is 0.740 bits per heavy atom. The van der Waals surface area contributed by atoms with Gasteiger partial charge < -0.3 is 16.0 Å². The second-order valence-corrected chi connectivity index (χ2v) is 24.5. The molecule has 3 amide bonds. The van der Waals surface area contributed by atoms with E-state index in [2.05, 4.69) is 90.0 Å². The van der Waals surface area contributed by atoms with Gasteiger partial charge in [-0.1, -0.05) is 114 Å². The van der Waals surface area contributed by atoms with Gasteiger partial charge in [0.05, 0.1) is 10.6 Å². The van der Waals surface area contributed by atoms with Crippen LogP contribution in [0, 0.1) is 55.4 Å². The molecule has 4 N–H and O–H groups in total. The Morgan fingerprint density at radius 1 is 0.411 bits per heavy atom. The number of anilines is 4. The molecule has 2 fully saturated rings. The Balaban J connectivity index is 1.18. The molecule has 10 heteroatoms. The number of benzene rings is 6. The van der Waals surface area contributed by atoms with E-state index in [1.54, 1.807) is 18.2 Å². The van der Waals surface area contributed by atoms with Crippen molar-refractivity contribution in [2.45, 2.75) is 162 Å². The van der Waals surface area contributed by atoms with Gasteiger partial charge in [-0.2, -0.15) is 0 Å². The van der Waals surface area contributed by atoms with E-state index in [1.807, 2.05) is 67.5 Å². The van der Waals surface area contributed by atoms with Gasteiger partial charge in [0.2, 0.25) is 0 Å². The van der Waals surface area contributed by atoms with Crippen LogP contribution in [-0.2, 0) is 26.3 Å². The molecule has 0 unspecified atom stereocenters. The van der Waals surface area contributed by atoms with Gasteiger partial charge in [0.25, 0.3) is 27.7 Å². The number of carbonyl (C=O) groups excluding carboxylic acids is 3. The van der Waals surface area contributed by atoms with Crippen molar-refractivity contribution in [3.05, 3.63) is 180 Å². The van der Waals surface area contributed by atoms with Crippen LogP contribution in [0.4, 0.5) is 22.7 Å². The van der Waals surface area contributed by atoms with E-state index in [9.17, 15) is 22.8 Å². The van der Waals surface area contributed by atoms with E-state index in [1.165, 1.54) is 23.3 Å². The van der Waals surface area contributed by atoms with Gasteiger partial charge >= 0.3 is 0 Å². The lowest BCUT2D eigenvalue weighted by Gasteiger charge is -2.40. The van der Waals surface area contributed by atoms with E-state index in [-0.39, 0.29) is 38.5 Å². The van der Waals surface area contributed by atoms with E-state index in [0.717, 1.165) is 137 Å². The Kier molecular flexibility index (Phi) is 13.7. The fraction of sp³-hybridized carbons (Fsp3) is 0.381. The molecule has 73 heavy (non-hydrogen) atoms. The first-order valence-corrected chi connectivity index (χ1v) is 27.7. The maximum absolute atomic E-state index is 14.5. The predicted octanol–water partition coefficient (Wildman–Crippen LogP) is 14.8. The summed E-state index contributed by atoms with van der Waals surface area (Å²) in [6.45, 7) is 22.4. The summed E-state index contributed by atoms with van der Waals surface area (Å²) in [7, 11) is -4.11. The number of nitrogens with one attached hydrogen (secondary N) is 4. The summed E-state index contributed by atoms with van der Waals surface area (Å²) in [6.07, 6.45) is 10.3. The fourth-order valence-electron chi connectivity index (χ4n) is 12.4. The first-order valence-electron chi connectivity index (χ1n) is 26.2. The Bertz CT molecular complexity index is 3260. The second kappa shape index (κ2) is 19.4. The van der Waals surface area contributed by atoms with E-state index in [0.29, 0.717) is 22.5 Å². The molecule has 18 rings (SSSR count). The number of hydrogen-bond acceptors (Lipinski definition) is 5. The van der Waals surface area contributed by atoms with Gasteiger partial charge in [0.15, 0.2) is 0 Å². The first-order chi connectivity index (χ1) is 34.5. The zero-order chi connectivity index (χ0) is 52.4. The summed E-state index contributed by atoms with van der Waals surface area (Å²) in [5.41, 5.74) is 15.5. The molecule has 12 aliphatic rings. The van der Waals surface area contributed by atoms with Crippen molar-refractivity contribution >= 4 is 50.5 Å². The van der Waals surface area contributed by atoms with Crippen molar-refractivity contribution in [3.8, 4) is 0 Å². The summed E-state index contributed by atoms with van der Waals surface area (Å²) in [5, 5.41) is 9.69. The van der Waals surface area contributed by atoms with Crippen molar-refractivity contribution < 1.29 is 22.8 Å². The molecule has 2 spiro atoms. The summed E-state index contributed by atoms with van der Waals surface area (Å²) in [5.74, 6) is -0.961. The van der Waals surface area contributed by atoms with Gasteiger partial charge in [-0.05, 0) is 195 Å². The molecule has 10 heterocycles. The SMILES string of the molecule is Cc1cc2cc(C)c1NC(=O)c1cc(cc(C(C)(C)C)c1)C(=O)Nc1c(C)cc(cc1C)C1(CCCCC1)c1cc(C)c(c(C)c1)NS(=O)(=O)c1cccc(c1)C(=O)Nc1c(C)cc(cc1C)C21CCCCC1. The molecule has 0 atom stereocenters. The van der Waals surface area contributed by atoms with Crippen LogP contribution in [0.5, 0.6) is 0 Å². The Morgan fingerprint density at radius 3 is 1.08 bits per heavy atom. The number of carbonyl (C=O) groups is 3. The number of rotatable bonds is 0. The Labute approximate surface area is 433 Å². The third-order valence-corrected chi connectivity index (χ3v) is 17.8. The molecular formula is C63H72N4O5S. The van der Waals surface area contributed by atoms with Crippen molar-refractivity contribution in [2.24, 2.45) is 0 Å². The minimum atomic E-state index is -4.11. The van der Waals surface area contributed by atoms with Crippen LogP contribution < -0.4 is 20.7 Å². The quantitative estimate of drug-likeness (QED) is 0.120. The van der Waals surface area contributed by atoms with Crippen LogP contribution in [0.3, 0.4) is 0 Å². The molecule has 6 aromatic carbocycles. The van der Waals surface area contributed by atoms with Crippen LogP contribution in [0.15, 0.2) is 95.9 Å². The molecule has 0 aromatic heterocycles. The summed E-state index contributed by atoms with van der Waals surface area (Å²) in [4.78, 5) is 43.2. The molecule has 0 saturated heterocycles. The van der Waals surface area contributed by atoms with Crippen molar-refractivity contribution in [1.82, 2.24) is 0 Å². The van der Waals surface area contributed by atoms with Gasteiger partial charge in [-0.25, -0.2) is 8.42 Å². The largest absolute Gasteiger partial charge is 0.322 e.